The van der Waals surface area contributed by atoms with Gasteiger partial charge in [-0.05, 0) is 12.1 Å². The molecule has 0 aliphatic rings. The van der Waals surface area contributed by atoms with Crippen LogP contribution in [0.1, 0.15) is 0 Å². The minimum atomic E-state index is -0.528. The van der Waals surface area contributed by atoms with Gasteiger partial charge in [-0.1, -0.05) is 12.1 Å². The fraction of sp³-hybridized carbons (Fsp3) is 0.400. The molecule has 4 nitrogen and oxygen atoms in total. The number of para-hydroxylation sites is 2. The van der Waals surface area contributed by atoms with Crippen LogP contribution in [0.15, 0.2) is 24.3 Å². The number of benzene rings is 1. The van der Waals surface area contributed by atoms with Crippen LogP contribution in [0.25, 0.3) is 0 Å². The third-order valence-electron chi connectivity index (χ3n) is 1.83. The van der Waals surface area contributed by atoms with Gasteiger partial charge in [-0.15, -0.1) is 0 Å². The third kappa shape index (κ3) is 2.90. The van der Waals surface area contributed by atoms with Gasteiger partial charge in [0.1, 0.15) is 19.3 Å². The average Bonchev–Trinajstić information content (AvgIpc) is 2.26. The molecule has 0 aliphatic carbocycles. The summed E-state index contributed by atoms with van der Waals surface area (Å²) >= 11 is 0. The predicted octanol–water partition coefficient (Wildman–Crippen LogP) is -0.323. The van der Waals surface area contributed by atoms with E-state index in [1.807, 2.05) is 18.2 Å². The maximum Gasteiger partial charge on any atom is 0.161 e. The number of methoxy groups -OCH3 is 1. The van der Waals surface area contributed by atoms with E-state index in [9.17, 15) is 5.11 Å². The highest BCUT2D eigenvalue weighted by Gasteiger charge is 2.07. The van der Waals surface area contributed by atoms with Gasteiger partial charge in [-0.25, -0.2) is 0 Å². The molecule has 4 N–H and O–H groups in total. The maximum atomic E-state index is 9.25. The molecule has 1 aromatic rings. The molecule has 1 aromatic carbocycles. The van der Waals surface area contributed by atoms with Crippen LogP contribution in [0.3, 0.4) is 0 Å². The van der Waals surface area contributed by atoms with Gasteiger partial charge in [-0.2, -0.15) is 0 Å². The zero-order valence-corrected chi connectivity index (χ0v) is 8.27. The summed E-state index contributed by atoms with van der Waals surface area (Å²) in [6.45, 7) is 0.680. The van der Waals surface area contributed by atoms with Crippen LogP contribution >= 0.6 is 0 Å². The Balaban J connectivity index is 2.57. The Hall–Kier alpha value is -1.26. The van der Waals surface area contributed by atoms with Crippen molar-refractivity contribution in [3.63, 3.8) is 0 Å². The Morgan fingerprint density at radius 3 is 2.57 bits per heavy atom. The zero-order valence-electron chi connectivity index (χ0n) is 8.27. The van der Waals surface area contributed by atoms with Gasteiger partial charge in [0.2, 0.25) is 0 Å². The van der Waals surface area contributed by atoms with E-state index in [2.05, 4.69) is 5.73 Å². The predicted molar refractivity (Wildman–Crippen MR) is 52.3 cm³/mol. The van der Waals surface area contributed by atoms with E-state index in [1.165, 1.54) is 0 Å². The lowest BCUT2D eigenvalue weighted by molar-refractivity contribution is -0.384. The molecule has 1 rings (SSSR count). The van der Waals surface area contributed by atoms with E-state index >= 15 is 0 Å². The highest BCUT2D eigenvalue weighted by molar-refractivity contribution is 5.39. The van der Waals surface area contributed by atoms with Gasteiger partial charge in [0.25, 0.3) is 0 Å². The maximum absolute atomic E-state index is 9.25. The minimum Gasteiger partial charge on any atom is -0.493 e. The van der Waals surface area contributed by atoms with Gasteiger partial charge >= 0.3 is 0 Å². The number of ether oxygens (including phenoxy) is 2. The topological polar surface area (TPSA) is 66.3 Å². The van der Waals surface area contributed by atoms with Crippen molar-refractivity contribution in [3.05, 3.63) is 24.3 Å². The molecule has 0 saturated heterocycles. The van der Waals surface area contributed by atoms with Gasteiger partial charge in [-0.3, -0.25) is 0 Å². The molecule has 4 heteroatoms. The van der Waals surface area contributed by atoms with Crippen LogP contribution in [0.2, 0.25) is 0 Å². The van der Waals surface area contributed by atoms with Crippen molar-refractivity contribution in [2.75, 3.05) is 20.3 Å². The Bertz CT molecular complexity index is 278. The lowest BCUT2D eigenvalue weighted by Crippen LogP contribution is -2.56. The second kappa shape index (κ2) is 5.47. The van der Waals surface area contributed by atoms with Crippen LogP contribution in [-0.4, -0.2) is 31.5 Å². The van der Waals surface area contributed by atoms with Crippen LogP contribution in [0.5, 0.6) is 11.5 Å². The van der Waals surface area contributed by atoms with E-state index < -0.39 is 6.10 Å². The molecule has 14 heavy (non-hydrogen) atoms. The highest BCUT2D eigenvalue weighted by Crippen LogP contribution is 2.25. The van der Waals surface area contributed by atoms with Gasteiger partial charge < -0.3 is 20.3 Å². The van der Waals surface area contributed by atoms with E-state index in [4.69, 9.17) is 9.47 Å². The van der Waals surface area contributed by atoms with Crippen molar-refractivity contribution < 1.29 is 20.3 Å². The van der Waals surface area contributed by atoms with Gasteiger partial charge in [0, 0.05) is 0 Å². The number of aliphatic hydroxyl groups is 1. The SMILES string of the molecule is COc1ccccc1OC[C@@H](O)C[NH3+]. The lowest BCUT2D eigenvalue weighted by Gasteiger charge is -2.11. The second-order valence-corrected chi connectivity index (χ2v) is 2.90. The van der Waals surface area contributed by atoms with E-state index in [0.29, 0.717) is 18.0 Å². The first kappa shape index (κ1) is 10.8. The van der Waals surface area contributed by atoms with E-state index in [-0.39, 0.29) is 6.61 Å². The largest absolute Gasteiger partial charge is 0.493 e. The molecule has 0 amide bonds. The first-order valence-electron chi connectivity index (χ1n) is 4.51. The highest BCUT2D eigenvalue weighted by atomic mass is 16.5. The first-order chi connectivity index (χ1) is 6.77. The standard InChI is InChI=1S/C10H15NO3/c1-13-9-4-2-3-5-10(9)14-7-8(12)6-11/h2-5,8,12H,6-7,11H2,1H3/p+1/t8-/m0/s1. The number of aliphatic hydroxyl groups excluding tert-OH is 1. The van der Waals surface area contributed by atoms with Crippen LogP contribution in [-0.2, 0) is 0 Å². The fourth-order valence-corrected chi connectivity index (χ4v) is 1.01. The molecule has 0 aromatic heterocycles. The Labute approximate surface area is 83.3 Å². The summed E-state index contributed by atoms with van der Waals surface area (Å²) in [6.07, 6.45) is -0.528. The molecule has 0 spiro atoms. The molecule has 0 radical (unpaired) electrons. The Morgan fingerprint density at radius 2 is 2.00 bits per heavy atom. The smallest absolute Gasteiger partial charge is 0.161 e. The number of rotatable bonds is 5. The lowest BCUT2D eigenvalue weighted by atomic mass is 10.3. The summed E-state index contributed by atoms with van der Waals surface area (Å²) in [5, 5.41) is 9.25. The molecule has 0 unspecified atom stereocenters. The number of hydrogen-bond acceptors (Lipinski definition) is 3. The van der Waals surface area contributed by atoms with Crippen LogP contribution < -0.4 is 15.2 Å². The molecule has 1 atom stereocenters. The summed E-state index contributed by atoms with van der Waals surface area (Å²) in [5.41, 5.74) is 3.58. The van der Waals surface area contributed by atoms with Gasteiger partial charge in [0.05, 0.1) is 7.11 Å². The van der Waals surface area contributed by atoms with E-state index in [0.717, 1.165) is 0 Å². The summed E-state index contributed by atoms with van der Waals surface area (Å²) in [4.78, 5) is 0. The average molecular weight is 198 g/mol. The normalized spacial score (nSPS) is 12.2. The Kier molecular flexibility index (Phi) is 4.22. The van der Waals surface area contributed by atoms with Crippen LogP contribution in [0, 0.1) is 0 Å². The molecule has 0 bridgehead atoms. The number of hydrogen-bond donors (Lipinski definition) is 2. The van der Waals surface area contributed by atoms with Crippen LogP contribution in [0.4, 0.5) is 0 Å². The minimum absolute atomic E-state index is 0.240. The van der Waals surface area contributed by atoms with Crippen molar-refractivity contribution in [2.45, 2.75) is 6.10 Å². The van der Waals surface area contributed by atoms with Gasteiger partial charge in [0.15, 0.2) is 11.5 Å². The molecule has 0 fully saturated rings. The molecule has 0 saturated carbocycles. The summed E-state index contributed by atoms with van der Waals surface area (Å²) in [7, 11) is 1.58. The third-order valence-corrected chi connectivity index (χ3v) is 1.83. The van der Waals surface area contributed by atoms with Crippen molar-refractivity contribution >= 4 is 0 Å². The van der Waals surface area contributed by atoms with Crippen molar-refractivity contribution in [1.82, 2.24) is 0 Å². The molecule has 0 aliphatic heterocycles. The molecule has 78 valence electrons. The fourth-order valence-electron chi connectivity index (χ4n) is 1.01. The second-order valence-electron chi connectivity index (χ2n) is 2.90. The number of quaternary nitrogens is 1. The summed E-state index contributed by atoms with van der Waals surface area (Å²) < 4.78 is 10.5. The van der Waals surface area contributed by atoms with Crippen molar-refractivity contribution in [3.8, 4) is 11.5 Å². The monoisotopic (exact) mass is 198 g/mol. The Morgan fingerprint density at radius 1 is 1.36 bits per heavy atom. The molecule has 0 heterocycles. The van der Waals surface area contributed by atoms with Crippen molar-refractivity contribution in [2.24, 2.45) is 0 Å². The molecular weight excluding hydrogens is 182 g/mol. The summed E-state index contributed by atoms with van der Waals surface area (Å²) in [5.74, 6) is 1.31. The first-order valence-corrected chi connectivity index (χ1v) is 4.51. The van der Waals surface area contributed by atoms with E-state index in [1.54, 1.807) is 13.2 Å². The zero-order chi connectivity index (χ0) is 10.4. The quantitative estimate of drug-likeness (QED) is 0.681. The van der Waals surface area contributed by atoms with Crippen molar-refractivity contribution in [1.29, 1.82) is 0 Å². The molecular formula is C10H16NO3+. The summed E-state index contributed by atoms with van der Waals surface area (Å²) in [6, 6.07) is 7.33.